The second kappa shape index (κ2) is 4.01. The first-order valence-corrected chi connectivity index (χ1v) is 5.67. The van der Waals surface area contributed by atoms with Gasteiger partial charge in [0.05, 0.1) is 6.26 Å². The van der Waals surface area contributed by atoms with Crippen LogP contribution in [0.5, 0.6) is 0 Å². The van der Waals surface area contributed by atoms with Crippen LogP contribution >= 0.6 is 0 Å². The van der Waals surface area contributed by atoms with Crippen LogP contribution in [0.25, 0.3) is 6.08 Å². The molecule has 1 saturated heterocycles. The molecule has 0 aromatic carbocycles. The maximum Gasteiger partial charge on any atom is 0.261 e. The number of likely N-dealkylation sites (N-methyl/N-ethyl adjacent to an activating group) is 2. The van der Waals surface area contributed by atoms with Gasteiger partial charge in [0.1, 0.15) is 17.0 Å². The fraction of sp³-hybridized carbons (Fsp3) is 0.385. The third kappa shape index (κ3) is 1.72. The van der Waals surface area contributed by atoms with Crippen molar-refractivity contribution in [2.75, 3.05) is 14.1 Å². The summed E-state index contributed by atoms with van der Waals surface area (Å²) >= 11 is 0. The molecular formula is C13H16N2O3. The maximum atomic E-state index is 12.2. The minimum Gasteiger partial charge on any atom is -0.465 e. The molecular weight excluding hydrogens is 232 g/mol. The summed E-state index contributed by atoms with van der Waals surface area (Å²) in [5.74, 6) is -0.0905. The molecule has 0 atom stereocenters. The summed E-state index contributed by atoms with van der Waals surface area (Å²) in [6.45, 7) is 3.65. The number of nitrogens with zero attached hydrogens (tertiary/aromatic N) is 2. The van der Waals surface area contributed by atoms with Gasteiger partial charge in [0.2, 0.25) is 0 Å². The van der Waals surface area contributed by atoms with Gasteiger partial charge in [-0.25, -0.2) is 0 Å². The topological polar surface area (TPSA) is 53.8 Å². The summed E-state index contributed by atoms with van der Waals surface area (Å²) in [7, 11) is 3.36. The van der Waals surface area contributed by atoms with Gasteiger partial charge in [-0.1, -0.05) is 0 Å². The average molecular weight is 248 g/mol. The second-order valence-electron chi connectivity index (χ2n) is 4.80. The highest BCUT2D eigenvalue weighted by molar-refractivity contribution is 6.23. The number of carbonyl (C=O) groups excluding carboxylic acids is 2. The molecule has 2 rings (SSSR count). The van der Waals surface area contributed by atoms with Crippen molar-refractivity contribution in [3.05, 3.63) is 29.7 Å². The first kappa shape index (κ1) is 12.4. The molecule has 0 bridgehead atoms. The average Bonchev–Trinajstić information content (AvgIpc) is 2.83. The van der Waals surface area contributed by atoms with E-state index in [2.05, 4.69) is 0 Å². The van der Waals surface area contributed by atoms with Crippen LogP contribution in [0.4, 0.5) is 0 Å². The van der Waals surface area contributed by atoms with Crippen molar-refractivity contribution in [2.24, 2.45) is 0 Å². The summed E-state index contributed by atoms with van der Waals surface area (Å²) in [5, 5.41) is 0. The van der Waals surface area contributed by atoms with Gasteiger partial charge in [-0.15, -0.1) is 0 Å². The second-order valence-corrected chi connectivity index (χ2v) is 4.80. The van der Waals surface area contributed by atoms with Gasteiger partial charge in [0.25, 0.3) is 11.8 Å². The monoisotopic (exact) mass is 248 g/mol. The van der Waals surface area contributed by atoms with E-state index in [0.717, 1.165) is 0 Å². The van der Waals surface area contributed by atoms with Crippen molar-refractivity contribution in [3.8, 4) is 0 Å². The smallest absolute Gasteiger partial charge is 0.261 e. The zero-order chi connectivity index (χ0) is 13.5. The van der Waals surface area contributed by atoms with Crippen molar-refractivity contribution in [2.45, 2.75) is 19.5 Å². The van der Waals surface area contributed by atoms with E-state index in [9.17, 15) is 9.59 Å². The highest BCUT2D eigenvalue weighted by Gasteiger charge is 2.43. The minimum absolute atomic E-state index is 0.120. The van der Waals surface area contributed by atoms with Gasteiger partial charge < -0.3 is 14.2 Å². The van der Waals surface area contributed by atoms with Gasteiger partial charge in [0, 0.05) is 14.1 Å². The Morgan fingerprint density at radius 2 is 1.72 bits per heavy atom. The van der Waals surface area contributed by atoms with Crippen molar-refractivity contribution >= 4 is 17.9 Å². The Morgan fingerprint density at radius 1 is 1.17 bits per heavy atom. The van der Waals surface area contributed by atoms with E-state index in [1.54, 1.807) is 36.0 Å². The predicted octanol–water partition coefficient (Wildman–Crippen LogP) is 1.33. The van der Waals surface area contributed by atoms with E-state index in [-0.39, 0.29) is 17.4 Å². The molecule has 1 aliphatic rings. The van der Waals surface area contributed by atoms with E-state index >= 15 is 0 Å². The van der Waals surface area contributed by atoms with Gasteiger partial charge in [-0.2, -0.15) is 0 Å². The van der Waals surface area contributed by atoms with Crippen LogP contribution in [0.2, 0.25) is 0 Å². The minimum atomic E-state index is -0.630. The lowest BCUT2D eigenvalue weighted by Crippen LogP contribution is -2.63. The van der Waals surface area contributed by atoms with Crippen LogP contribution < -0.4 is 0 Å². The first-order chi connectivity index (χ1) is 8.35. The van der Waals surface area contributed by atoms with E-state index in [0.29, 0.717) is 5.76 Å². The van der Waals surface area contributed by atoms with Crippen LogP contribution in [0.1, 0.15) is 19.6 Å². The Kier molecular flexibility index (Phi) is 2.77. The summed E-state index contributed by atoms with van der Waals surface area (Å²) < 4.78 is 5.14. The number of amides is 2. The number of rotatable bonds is 1. The third-order valence-electron chi connectivity index (χ3n) is 3.54. The molecule has 5 nitrogen and oxygen atoms in total. The number of hydrogen-bond donors (Lipinski definition) is 0. The standard InChI is InChI=1S/C13H16N2O3/c1-13(2)14(3)11(16)10(12(17)15(13)4)8-9-6-5-7-18-9/h5-8H,1-4H3. The fourth-order valence-corrected chi connectivity index (χ4v) is 1.81. The van der Waals surface area contributed by atoms with Crippen molar-refractivity contribution in [3.63, 3.8) is 0 Å². The van der Waals surface area contributed by atoms with Crippen LogP contribution in [-0.2, 0) is 9.59 Å². The lowest BCUT2D eigenvalue weighted by Gasteiger charge is -2.47. The highest BCUT2D eigenvalue weighted by atomic mass is 16.3. The van der Waals surface area contributed by atoms with Gasteiger partial charge in [-0.3, -0.25) is 9.59 Å². The molecule has 0 unspecified atom stereocenters. The molecule has 1 aromatic rings. The van der Waals surface area contributed by atoms with Crippen molar-refractivity contribution < 1.29 is 14.0 Å². The normalized spacial score (nSPS) is 19.4. The van der Waals surface area contributed by atoms with E-state index in [4.69, 9.17) is 4.42 Å². The highest BCUT2D eigenvalue weighted by Crippen LogP contribution is 2.27. The summed E-state index contributed by atoms with van der Waals surface area (Å²) in [4.78, 5) is 27.5. The third-order valence-corrected chi connectivity index (χ3v) is 3.54. The van der Waals surface area contributed by atoms with Crippen LogP contribution in [0.3, 0.4) is 0 Å². The van der Waals surface area contributed by atoms with Gasteiger partial charge in [0.15, 0.2) is 0 Å². The molecule has 1 fully saturated rings. The van der Waals surface area contributed by atoms with E-state index in [1.165, 1.54) is 12.3 Å². The number of furan rings is 1. The molecule has 5 heteroatoms. The lowest BCUT2D eigenvalue weighted by molar-refractivity contribution is -0.155. The molecule has 2 amide bonds. The molecule has 2 heterocycles. The largest absolute Gasteiger partial charge is 0.465 e. The summed E-state index contributed by atoms with van der Waals surface area (Å²) in [5.41, 5.74) is -0.511. The first-order valence-electron chi connectivity index (χ1n) is 5.67. The van der Waals surface area contributed by atoms with Crippen molar-refractivity contribution in [1.29, 1.82) is 0 Å². The molecule has 0 saturated carbocycles. The SMILES string of the molecule is CN1C(=O)C(=Cc2ccco2)C(=O)N(C)C1(C)C. The summed E-state index contributed by atoms with van der Waals surface area (Å²) in [6, 6.07) is 3.41. The van der Waals surface area contributed by atoms with E-state index in [1.807, 2.05) is 13.8 Å². The van der Waals surface area contributed by atoms with Gasteiger partial charge >= 0.3 is 0 Å². The van der Waals surface area contributed by atoms with Crippen LogP contribution in [-0.4, -0.2) is 41.4 Å². The van der Waals surface area contributed by atoms with Gasteiger partial charge in [-0.05, 0) is 32.1 Å². The number of hydrogen-bond acceptors (Lipinski definition) is 3. The van der Waals surface area contributed by atoms with E-state index < -0.39 is 5.66 Å². The molecule has 1 aromatic heterocycles. The molecule has 0 N–H and O–H groups in total. The quantitative estimate of drug-likeness (QED) is 0.556. The summed E-state index contributed by atoms with van der Waals surface area (Å²) in [6.07, 6.45) is 2.98. The molecule has 96 valence electrons. The Labute approximate surface area is 106 Å². The fourth-order valence-electron chi connectivity index (χ4n) is 1.81. The van der Waals surface area contributed by atoms with Crippen LogP contribution in [0.15, 0.2) is 28.4 Å². The molecule has 0 spiro atoms. The molecule has 18 heavy (non-hydrogen) atoms. The number of carbonyl (C=O) groups is 2. The molecule has 0 radical (unpaired) electrons. The zero-order valence-electron chi connectivity index (χ0n) is 10.9. The molecule has 0 aliphatic carbocycles. The molecule has 1 aliphatic heterocycles. The Morgan fingerprint density at radius 3 is 2.17 bits per heavy atom. The Balaban J connectivity index is 2.44. The lowest BCUT2D eigenvalue weighted by atomic mass is 10.0. The Bertz CT molecular complexity index is 488. The van der Waals surface area contributed by atoms with Crippen molar-refractivity contribution in [1.82, 2.24) is 9.80 Å². The Hall–Kier alpha value is -2.04. The maximum absolute atomic E-state index is 12.2. The van der Waals surface area contributed by atoms with Crippen LogP contribution in [0, 0.1) is 0 Å². The zero-order valence-corrected chi connectivity index (χ0v) is 10.9. The predicted molar refractivity (Wildman–Crippen MR) is 66.3 cm³/mol.